The highest BCUT2D eigenvalue weighted by Crippen LogP contribution is 2.35. The van der Waals surface area contributed by atoms with Gasteiger partial charge in [-0.15, -0.1) is 0 Å². The van der Waals surface area contributed by atoms with E-state index in [9.17, 15) is 9.59 Å². The van der Waals surface area contributed by atoms with Gasteiger partial charge in [-0.3, -0.25) is 14.5 Å². The largest absolute Gasteiger partial charge is 0.362 e. The number of hydrogen-bond donors (Lipinski definition) is 0. The van der Waals surface area contributed by atoms with Crippen molar-refractivity contribution in [2.45, 2.75) is 53.0 Å². The number of unbranched alkanes of at least 4 members (excludes halogenated alkanes) is 2. The average Bonchev–Trinajstić information content (AvgIpc) is 3.00. The molecule has 0 spiro atoms. The zero-order valence-corrected chi connectivity index (χ0v) is 18.2. The lowest BCUT2D eigenvalue weighted by atomic mass is 9.96. The molecule has 156 valence electrons. The van der Waals surface area contributed by atoms with Crippen molar-refractivity contribution in [3.05, 3.63) is 76.0 Å². The van der Waals surface area contributed by atoms with Crippen LogP contribution in [-0.4, -0.2) is 34.7 Å². The molecular weight excluding hydrogens is 372 g/mol. The summed E-state index contributed by atoms with van der Waals surface area (Å²) >= 11 is 0. The number of fused-ring (bicyclic) bond motifs is 1. The Kier molecular flexibility index (Phi) is 5.76. The van der Waals surface area contributed by atoms with E-state index >= 15 is 0 Å². The zero-order chi connectivity index (χ0) is 21.3. The summed E-state index contributed by atoms with van der Waals surface area (Å²) in [5.41, 5.74) is 6.88. The monoisotopic (exact) mass is 402 g/mol. The molecule has 4 nitrogen and oxygen atoms in total. The van der Waals surface area contributed by atoms with Crippen LogP contribution in [0, 0.1) is 13.8 Å². The van der Waals surface area contributed by atoms with Crippen molar-refractivity contribution in [3.63, 3.8) is 0 Å². The van der Waals surface area contributed by atoms with Crippen LogP contribution in [0.4, 0.5) is 0 Å². The molecule has 30 heavy (non-hydrogen) atoms. The van der Waals surface area contributed by atoms with Crippen LogP contribution in [0.25, 0.3) is 5.57 Å². The fourth-order valence-electron chi connectivity index (χ4n) is 4.42. The van der Waals surface area contributed by atoms with Crippen LogP contribution in [0.15, 0.2) is 48.2 Å². The lowest BCUT2D eigenvalue weighted by Gasteiger charge is -2.31. The molecule has 2 aliphatic heterocycles. The molecule has 2 heterocycles. The van der Waals surface area contributed by atoms with Gasteiger partial charge >= 0.3 is 0 Å². The number of amides is 2. The summed E-state index contributed by atoms with van der Waals surface area (Å²) in [6.07, 6.45) is 3.81. The second-order valence-electron chi connectivity index (χ2n) is 8.43. The van der Waals surface area contributed by atoms with Crippen molar-refractivity contribution in [2.24, 2.45) is 0 Å². The van der Waals surface area contributed by atoms with Gasteiger partial charge in [-0.05, 0) is 54.5 Å². The van der Waals surface area contributed by atoms with Crippen LogP contribution < -0.4 is 0 Å². The van der Waals surface area contributed by atoms with Crippen molar-refractivity contribution in [2.75, 3.05) is 13.1 Å². The first-order valence-corrected chi connectivity index (χ1v) is 11.0. The van der Waals surface area contributed by atoms with Gasteiger partial charge in [0.25, 0.3) is 11.8 Å². The zero-order valence-electron chi connectivity index (χ0n) is 18.2. The van der Waals surface area contributed by atoms with Crippen molar-refractivity contribution < 1.29 is 9.59 Å². The van der Waals surface area contributed by atoms with E-state index in [4.69, 9.17) is 0 Å². The summed E-state index contributed by atoms with van der Waals surface area (Å²) in [5.74, 6) is -0.281. The molecule has 0 atom stereocenters. The Hall–Kier alpha value is -2.88. The predicted octanol–water partition coefficient (Wildman–Crippen LogP) is 4.63. The van der Waals surface area contributed by atoms with Crippen LogP contribution in [-0.2, 0) is 22.6 Å². The first-order chi connectivity index (χ1) is 14.5. The van der Waals surface area contributed by atoms with E-state index in [2.05, 4.69) is 43.9 Å². The Balaban J connectivity index is 1.75. The molecule has 4 heteroatoms. The minimum atomic E-state index is -0.145. The van der Waals surface area contributed by atoms with Gasteiger partial charge in [-0.2, -0.15) is 0 Å². The van der Waals surface area contributed by atoms with Gasteiger partial charge in [0.1, 0.15) is 5.70 Å². The first kappa shape index (κ1) is 20.4. The summed E-state index contributed by atoms with van der Waals surface area (Å²) in [4.78, 5) is 30.5. The molecule has 0 unspecified atom stereocenters. The van der Waals surface area contributed by atoms with E-state index < -0.39 is 0 Å². The molecule has 0 saturated heterocycles. The molecule has 2 amide bonds. The number of hydrogen-bond acceptors (Lipinski definition) is 3. The first-order valence-electron chi connectivity index (χ1n) is 11.0. The lowest BCUT2D eigenvalue weighted by molar-refractivity contribution is -0.137. The number of carbonyl (C=O) groups excluding carboxylic acids is 2. The van der Waals surface area contributed by atoms with Crippen LogP contribution in [0.2, 0.25) is 0 Å². The Morgan fingerprint density at radius 3 is 2.40 bits per heavy atom. The molecule has 2 aromatic rings. The van der Waals surface area contributed by atoms with Gasteiger partial charge in [0.15, 0.2) is 0 Å². The van der Waals surface area contributed by atoms with E-state index in [-0.39, 0.29) is 11.8 Å². The van der Waals surface area contributed by atoms with Gasteiger partial charge < -0.3 is 4.90 Å². The predicted molar refractivity (Wildman–Crippen MR) is 120 cm³/mol. The highest BCUT2D eigenvalue weighted by Gasteiger charge is 2.41. The topological polar surface area (TPSA) is 40.6 Å². The quantitative estimate of drug-likeness (QED) is 0.522. The van der Waals surface area contributed by atoms with Crippen LogP contribution >= 0.6 is 0 Å². The lowest BCUT2D eigenvalue weighted by Crippen LogP contribution is -2.37. The molecule has 0 aromatic heterocycles. The number of benzene rings is 2. The van der Waals surface area contributed by atoms with Crippen LogP contribution in [0.5, 0.6) is 0 Å². The summed E-state index contributed by atoms with van der Waals surface area (Å²) in [6.45, 7) is 8.16. The molecule has 0 bridgehead atoms. The standard InChI is InChI=1S/C26H30N2O2/c1-4-5-8-14-28-25(29)23(21-12-11-18(2)19(3)16-21)24(26(28)30)27-15-13-20-9-6-7-10-22(20)17-27/h6-7,9-12,16H,4-5,8,13-15,17H2,1-3H3. The number of nitrogens with zero attached hydrogens (tertiary/aromatic N) is 2. The smallest absolute Gasteiger partial charge is 0.277 e. The van der Waals surface area contributed by atoms with Gasteiger partial charge in [-0.1, -0.05) is 62.2 Å². The Morgan fingerprint density at radius 2 is 1.67 bits per heavy atom. The highest BCUT2D eigenvalue weighted by molar-refractivity contribution is 6.35. The van der Waals surface area contributed by atoms with Crippen molar-refractivity contribution in [3.8, 4) is 0 Å². The third-order valence-corrected chi connectivity index (χ3v) is 6.37. The van der Waals surface area contributed by atoms with E-state index in [0.717, 1.165) is 43.4 Å². The second kappa shape index (κ2) is 8.47. The maximum Gasteiger partial charge on any atom is 0.277 e. The number of imide groups is 1. The van der Waals surface area contributed by atoms with Gasteiger partial charge in [-0.25, -0.2) is 0 Å². The third-order valence-electron chi connectivity index (χ3n) is 6.37. The van der Waals surface area contributed by atoms with Crippen molar-refractivity contribution in [1.82, 2.24) is 9.80 Å². The molecule has 0 radical (unpaired) electrons. The number of carbonyl (C=O) groups is 2. The Labute approximate surface area is 179 Å². The molecule has 4 rings (SSSR count). The maximum atomic E-state index is 13.5. The Bertz CT molecular complexity index is 1020. The van der Waals surface area contributed by atoms with Crippen LogP contribution in [0.3, 0.4) is 0 Å². The Morgan fingerprint density at radius 1 is 0.900 bits per heavy atom. The molecule has 0 fully saturated rings. The highest BCUT2D eigenvalue weighted by atomic mass is 16.2. The second-order valence-corrected chi connectivity index (χ2v) is 8.43. The van der Waals surface area contributed by atoms with E-state index in [0.29, 0.717) is 24.4 Å². The molecular formula is C26H30N2O2. The summed E-state index contributed by atoms with van der Waals surface area (Å²) in [7, 11) is 0. The van der Waals surface area contributed by atoms with Gasteiger partial charge in [0.2, 0.25) is 0 Å². The molecule has 0 aliphatic carbocycles. The number of rotatable bonds is 6. The van der Waals surface area contributed by atoms with E-state index in [1.807, 2.05) is 24.3 Å². The number of aryl methyl sites for hydroxylation is 2. The normalized spacial score (nSPS) is 16.5. The fourth-order valence-corrected chi connectivity index (χ4v) is 4.42. The minimum absolute atomic E-state index is 0.135. The minimum Gasteiger partial charge on any atom is -0.362 e. The van der Waals surface area contributed by atoms with Gasteiger partial charge in [0, 0.05) is 19.6 Å². The molecule has 2 aliphatic rings. The van der Waals surface area contributed by atoms with Crippen molar-refractivity contribution >= 4 is 17.4 Å². The third kappa shape index (κ3) is 3.67. The van der Waals surface area contributed by atoms with Gasteiger partial charge in [0.05, 0.1) is 5.57 Å². The fraction of sp³-hybridized carbons (Fsp3) is 0.385. The van der Waals surface area contributed by atoms with Crippen molar-refractivity contribution in [1.29, 1.82) is 0 Å². The van der Waals surface area contributed by atoms with E-state index in [1.54, 1.807) is 0 Å². The molecule has 2 aromatic carbocycles. The molecule has 0 saturated carbocycles. The maximum absolute atomic E-state index is 13.5. The van der Waals surface area contributed by atoms with Crippen LogP contribution in [0.1, 0.15) is 54.0 Å². The SMILES string of the molecule is CCCCCN1C(=O)C(c2ccc(C)c(C)c2)=C(N2CCc3ccccc3C2)C1=O. The summed E-state index contributed by atoms with van der Waals surface area (Å²) in [6, 6.07) is 14.5. The average molecular weight is 403 g/mol. The van der Waals surface area contributed by atoms with E-state index in [1.165, 1.54) is 21.6 Å². The summed E-state index contributed by atoms with van der Waals surface area (Å²) in [5, 5.41) is 0. The molecule has 0 N–H and O–H groups in total. The summed E-state index contributed by atoms with van der Waals surface area (Å²) < 4.78 is 0.